The lowest BCUT2D eigenvalue weighted by molar-refractivity contribution is 0.620. The Kier molecular flexibility index (Phi) is 4.54. The maximum Gasteiger partial charge on any atom is 0.0302 e. The highest BCUT2D eigenvalue weighted by Crippen LogP contribution is 2.15. The van der Waals surface area contributed by atoms with Crippen molar-refractivity contribution in [2.75, 3.05) is 6.54 Å². The van der Waals surface area contributed by atoms with Crippen molar-refractivity contribution in [1.29, 1.82) is 0 Å². The molecular formula is C15H17NS. The lowest BCUT2D eigenvalue weighted by Crippen LogP contribution is -2.17. The molecule has 0 aliphatic carbocycles. The minimum absolute atomic E-state index is 0.418. The summed E-state index contributed by atoms with van der Waals surface area (Å²) in [5.41, 5.74) is 2.61. The average Bonchev–Trinajstić information content (AvgIpc) is 2.89. The molecule has 0 saturated heterocycles. The fourth-order valence-electron chi connectivity index (χ4n) is 1.64. The zero-order valence-electron chi connectivity index (χ0n) is 9.97. The largest absolute Gasteiger partial charge is 0.307 e. The molecule has 0 spiro atoms. The normalized spacial score (nSPS) is 13.0. The van der Waals surface area contributed by atoms with Crippen LogP contribution in [0, 0.1) is 0 Å². The maximum atomic E-state index is 3.48. The molecule has 1 heterocycles. The molecule has 88 valence electrons. The number of benzene rings is 1. The van der Waals surface area contributed by atoms with E-state index < -0.39 is 0 Å². The Balaban J connectivity index is 1.78. The first-order valence-corrected chi connectivity index (χ1v) is 6.77. The molecule has 0 bridgehead atoms. The fourth-order valence-corrected chi connectivity index (χ4v) is 2.40. The van der Waals surface area contributed by atoms with Crippen molar-refractivity contribution in [2.24, 2.45) is 0 Å². The second kappa shape index (κ2) is 6.38. The minimum atomic E-state index is 0.418. The van der Waals surface area contributed by atoms with E-state index in [1.165, 1.54) is 11.1 Å². The van der Waals surface area contributed by atoms with E-state index >= 15 is 0 Å². The van der Waals surface area contributed by atoms with Gasteiger partial charge in [0.05, 0.1) is 0 Å². The molecule has 1 aromatic carbocycles. The van der Waals surface area contributed by atoms with E-state index in [0.29, 0.717) is 6.04 Å². The van der Waals surface area contributed by atoms with Crippen molar-refractivity contribution in [3.05, 3.63) is 64.4 Å². The van der Waals surface area contributed by atoms with Crippen molar-refractivity contribution in [3.8, 4) is 0 Å². The van der Waals surface area contributed by atoms with Gasteiger partial charge in [-0.05, 0) is 34.9 Å². The van der Waals surface area contributed by atoms with Crippen LogP contribution in [0.2, 0.25) is 0 Å². The van der Waals surface area contributed by atoms with Gasteiger partial charge in [-0.3, -0.25) is 0 Å². The highest BCUT2D eigenvalue weighted by Gasteiger charge is 2.02. The topological polar surface area (TPSA) is 12.0 Å². The molecule has 2 heteroatoms. The fraction of sp³-hybridized carbons (Fsp3) is 0.200. The monoisotopic (exact) mass is 243 g/mol. The summed E-state index contributed by atoms with van der Waals surface area (Å²) in [7, 11) is 0. The lowest BCUT2D eigenvalue weighted by atomic mass is 10.2. The predicted octanol–water partition coefficient (Wildman–Crippen LogP) is 4.11. The Morgan fingerprint density at radius 2 is 2.06 bits per heavy atom. The Hall–Kier alpha value is -1.38. The molecule has 1 aromatic heterocycles. The molecule has 0 radical (unpaired) electrons. The first-order valence-electron chi connectivity index (χ1n) is 5.83. The third-order valence-electron chi connectivity index (χ3n) is 2.69. The van der Waals surface area contributed by atoms with E-state index in [1.807, 2.05) is 6.07 Å². The molecule has 2 rings (SSSR count). The smallest absolute Gasteiger partial charge is 0.0302 e. The summed E-state index contributed by atoms with van der Waals surface area (Å²) < 4.78 is 0. The van der Waals surface area contributed by atoms with E-state index in [-0.39, 0.29) is 0 Å². The number of hydrogen-bond acceptors (Lipinski definition) is 2. The van der Waals surface area contributed by atoms with Crippen LogP contribution in [0.5, 0.6) is 0 Å². The van der Waals surface area contributed by atoms with Gasteiger partial charge in [-0.2, -0.15) is 11.3 Å². The van der Waals surface area contributed by atoms with Gasteiger partial charge in [0.25, 0.3) is 0 Å². The van der Waals surface area contributed by atoms with Crippen LogP contribution in [0.1, 0.15) is 24.1 Å². The molecule has 1 N–H and O–H groups in total. The van der Waals surface area contributed by atoms with Crippen molar-refractivity contribution < 1.29 is 0 Å². The zero-order chi connectivity index (χ0) is 11.9. The van der Waals surface area contributed by atoms with Gasteiger partial charge < -0.3 is 5.32 Å². The summed E-state index contributed by atoms with van der Waals surface area (Å²) in [5.74, 6) is 0. The minimum Gasteiger partial charge on any atom is -0.307 e. The summed E-state index contributed by atoms with van der Waals surface area (Å²) in [5, 5.41) is 7.79. The molecule has 1 atom stereocenters. The first-order chi connectivity index (χ1) is 8.36. The molecule has 2 aromatic rings. The predicted molar refractivity (Wildman–Crippen MR) is 76.2 cm³/mol. The van der Waals surface area contributed by atoms with Gasteiger partial charge in [0.15, 0.2) is 0 Å². The molecule has 0 fully saturated rings. The lowest BCUT2D eigenvalue weighted by Gasteiger charge is -2.09. The van der Waals surface area contributed by atoms with Crippen LogP contribution in [-0.2, 0) is 0 Å². The number of hydrogen-bond donors (Lipinski definition) is 1. The van der Waals surface area contributed by atoms with Crippen LogP contribution in [0.4, 0.5) is 0 Å². The number of nitrogens with one attached hydrogen (secondary N) is 1. The van der Waals surface area contributed by atoms with E-state index in [1.54, 1.807) is 11.3 Å². The van der Waals surface area contributed by atoms with E-state index in [0.717, 1.165) is 6.54 Å². The second-order valence-corrected chi connectivity index (χ2v) is 4.78. The van der Waals surface area contributed by atoms with Crippen LogP contribution in [0.15, 0.2) is 53.2 Å². The number of thiophene rings is 1. The molecular weight excluding hydrogens is 226 g/mol. The second-order valence-electron chi connectivity index (χ2n) is 4.00. The summed E-state index contributed by atoms with van der Waals surface area (Å²) in [6, 6.07) is 13.0. The summed E-state index contributed by atoms with van der Waals surface area (Å²) >= 11 is 1.75. The zero-order valence-corrected chi connectivity index (χ0v) is 10.8. The van der Waals surface area contributed by atoms with Gasteiger partial charge in [0.1, 0.15) is 0 Å². The maximum absolute atomic E-state index is 3.48. The van der Waals surface area contributed by atoms with Crippen molar-refractivity contribution >= 4 is 17.4 Å². The van der Waals surface area contributed by atoms with E-state index in [4.69, 9.17) is 0 Å². The third-order valence-corrected chi connectivity index (χ3v) is 3.40. The van der Waals surface area contributed by atoms with Gasteiger partial charge in [-0.25, -0.2) is 0 Å². The molecule has 1 nitrogen and oxygen atoms in total. The molecule has 0 aliphatic heterocycles. The van der Waals surface area contributed by atoms with Crippen LogP contribution in [0.3, 0.4) is 0 Å². The Morgan fingerprint density at radius 1 is 1.24 bits per heavy atom. The van der Waals surface area contributed by atoms with Crippen LogP contribution >= 0.6 is 11.3 Å². The van der Waals surface area contributed by atoms with Gasteiger partial charge >= 0.3 is 0 Å². The van der Waals surface area contributed by atoms with Gasteiger partial charge in [0.2, 0.25) is 0 Å². The molecule has 0 amide bonds. The van der Waals surface area contributed by atoms with Crippen molar-refractivity contribution in [3.63, 3.8) is 0 Å². The van der Waals surface area contributed by atoms with Crippen LogP contribution in [0.25, 0.3) is 6.08 Å². The van der Waals surface area contributed by atoms with Crippen LogP contribution < -0.4 is 5.32 Å². The molecule has 1 unspecified atom stereocenters. The van der Waals surface area contributed by atoms with Gasteiger partial charge in [0, 0.05) is 12.6 Å². The molecule has 0 aliphatic rings. The van der Waals surface area contributed by atoms with Gasteiger partial charge in [-0.1, -0.05) is 42.5 Å². The molecule has 17 heavy (non-hydrogen) atoms. The SMILES string of the molecule is CC(NCC=Cc1ccccc1)c1ccsc1. The summed E-state index contributed by atoms with van der Waals surface area (Å²) in [6.45, 7) is 3.09. The highest BCUT2D eigenvalue weighted by molar-refractivity contribution is 7.07. The van der Waals surface area contributed by atoms with Crippen LogP contribution in [-0.4, -0.2) is 6.54 Å². The third kappa shape index (κ3) is 3.84. The van der Waals surface area contributed by atoms with E-state index in [2.05, 4.69) is 65.5 Å². The first kappa shape index (κ1) is 12.1. The van der Waals surface area contributed by atoms with E-state index in [9.17, 15) is 0 Å². The Bertz CT molecular complexity index is 445. The number of rotatable bonds is 5. The van der Waals surface area contributed by atoms with Crippen molar-refractivity contribution in [2.45, 2.75) is 13.0 Å². The quantitative estimate of drug-likeness (QED) is 0.833. The Morgan fingerprint density at radius 3 is 2.76 bits per heavy atom. The van der Waals surface area contributed by atoms with Gasteiger partial charge in [-0.15, -0.1) is 0 Å². The van der Waals surface area contributed by atoms with Crippen molar-refractivity contribution in [1.82, 2.24) is 5.32 Å². The summed E-state index contributed by atoms with van der Waals surface area (Å²) in [4.78, 5) is 0. The standard InChI is InChI=1S/C15H17NS/c1-13(15-9-11-17-12-15)16-10-5-8-14-6-3-2-4-7-14/h2-9,11-13,16H,10H2,1H3. The average molecular weight is 243 g/mol. The Labute approximate surface area is 107 Å². The highest BCUT2D eigenvalue weighted by atomic mass is 32.1. The summed E-state index contributed by atoms with van der Waals surface area (Å²) in [6.07, 6.45) is 4.31. The molecule has 0 saturated carbocycles.